The Bertz CT molecular complexity index is 2430. The third-order valence-corrected chi connectivity index (χ3v) is 11.3. The Morgan fingerprint density at radius 1 is 0.643 bits per heavy atom. The molecule has 8 nitrogen and oxygen atoms in total. The van der Waals surface area contributed by atoms with E-state index in [1.54, 1.807) is 19.2 Å². The Hall–Kier alpha value is -4.75. The van der Waals surface area contributed by atoms with Crippen LogP contribution in [0.5, 0.6) is 17.2 Å². The van der Waals surface area contributed by atoms with Gasteiger partial charge in [0.05, 0.1) is 21.9 Å². The van der Waals surface area contributed by atoms with Crippen molar-refractivity contribution in [2.45, 2.75) is 46.0 Å². The molecule has 0 radical (unpaired) electrons. The number of rotatable bonds is 14. The van der Waals surface area contributed by atoms with Crippen molar-refractivity contribution in [3.8, 4) is 17.2 Å². The predicted octanol–water partition coefficient (Wildman–Crippen LogP) is 10.2. The number of hydrogen-bond acceptors (Lipinski definition) is 7. The fraction of sp³-hybridized carbons (Fsp3) is 0.189. The zero-order valence-electron chi connectivity index (χ0n) is 28.6. The number of alkyl halides is 8. The Morgan fingerprint density at radius 2 is 1.14 bits per heavy atom. The summed E-state index contributed by atoms with van der Waals surface area (Å²) in [6.45, 7) is 0.733. The molecule has 0 heterocycles. The van der Waals surface area contributed by atoms with Gasteiger partial charge in [-0.15, -0.1) is 0 Å². The van der Waals surface area contributed by atoms with E-state index in [1.807, 2.05) is 66.7 Å². The lowest BCUT2D eigenvalue weighted by atomic mass is 9.85. The minimum absolute atomic E-state index is 0.0322. The van der Waals surface area contributed by atoms with E-state index in [4.69, 9.17) is 25.6 Å². The number of methoxy groups -OCH3 is 1. The maximum absolute atomic E-state index is 15.1. The summed E-state index contributed by atoms with van der Waals surface area (Å²) in [6.07, 6.45) is -13.5. The standard InChI is InChI=1S/C37H27ClF8O8S2/c1-22-8-17-28(20-30(22)34(39,40)35(41,42)54-36(43,44)37(45,46)56(49,50)51)55(47,48)29-18-19-32(31(38)21-29)53-27-15-11-25(12-16-27)33(23-6-4-3-5-7-23)24-9-13-26(52-2)14-10-24/h3-21,33H,1-2H3,(H,49,50,51). The molecule has 0 fully saturated rings. The number of aryl methyl sites for hydroxylation is 1. The van der Waals surface area contributed by atoms with Crippen molar-refractivity contribution in [2.75, 3.05) is 7.11 Å². The highest BCUT2D eigenvalue weighted by Gasteiger charge is 2.74. The molecular weight excluding hydrogens is 824 g/mol. The van der Waals surface area contributed by atoms with Gasteiger partial charge in [0.15, 0.2) is 0 Å². The van der Waals surface area contributed by atoms with Crippen molar-refractivity contribution < 1.29 is 70.7 Å². The van der Waals surface area contributed by atoms with Crippen molar-refractivity contribution in [2.24, 2.45) is 0 Å². The van der Waals surface area contributed by atoms with Gasteiger partial charge >= 0.3 is 33.5 Å². The first-order valence-corrected chi connectivity index (χ1v) is 19.0. The molecule has 1 atom stereocenters. The highest BCUT2D eigenvalue weighted by molar-refractivity contribution is 7.91. The zero-order chi connectivity index (χ0) is 41.5. The summed E-state index contributed by atoms with van der Waals surface area (Å²) < 4.78 is 184. The maximum Gasteiger partial charge on any atom is 0.460 e. The molecule has 56 heavy (non-hydrogen) atoms. The summed E-state index contributed by atoms with van der Waals surface area (Å²) >= 11 is 6.33. The van der Waals surface area contributed by atoms with Gasteiger partial charge in [-0.2, -0.15) is 43.5 Å². The topological polar surface area (TPSA) is 116 Å². The second kappa shape index (κ2) is 15.3. The fourth-order valence-corrected chi connectivity index (χ4v) is 7.38. The molecule has 0 aliphatic heterocycles. The molecule has 5 aromatic rings. The van der Waals surface area contributed by atoms with Gasteiger partial charge in [0, 0.05) is 11.5 Å². The van der Waals surface area contributed by atoms with Crippen molar-refractivity contribution in [3.05, 3.63) is 148 Å². The van der Waals surface area contributed by atoms with Gasteiger partial charge in [0.1, 0.15) is 17.2 Å². The largest absolute Gasteiger partial charge is 0.497 e. The Kier molecular flexibility index (Phi) is 11.6. The first-order valence-electron chi connectivity index (χ1n) is 15.7. The van der Waals surface area contributed by atoms with E-state index in [9.17, 15) is 43.2 Å². The first-order chi connectivity index (χ1) is 25.9. The summed E-state index contributed by atoms with van der Waals surface area (Å²) in [6, 6.07) is 28.3. The zero-order valence-corrected chi connectivity index (χ0v) is 31.0. The van der Waals surface area contributed by atoms with Crippen LogP contribution in [0.2, 0.25) is 5.02 Å². The van der Waals surface area contributed by atoms with Crippen LogP contribution in [0.1, 0.15) is 33.7 Å². The van der Waals surface area contributed by atoms with Gasteiger partial charge in [0.25, 0.3) is 0 Å². The van der Waals surface area contributed by atoms with Crippen LogP contribution in [0.3, 0.4) is 0 Å². The van der Waals surface area contributed by atoms with Gasteiger partial charge in [-0.25, -0.2) is 13.2 Å². The van der Waals surface area contributed by atoms with E-state index < -0.39 is 64.3 Å². The highest BCUT2D eigenvalue weighted by atomic mass is 35.5. The normalized spacial score (nSPS) is 13.6. The summed E-state index contributed by atoms with van der Waals surface area (Å²) in [5, 5.41) is -7.09. The molecule has 1 unspecified atom stereocenters. The molecule has 0 bridgehead atoms. The van der Waals surface area contributed by atoms with Crippen LogP contribution in [0.15, 0.2) is 125 Å². The van der Waals surface area contributed by atoms with Gasteiger partial charge in [0.2, 0.25) is 9.84 Å². The quantitative estimate of drug-likeness (QED) is 0.0667. The minimum atomic E-state index is -7.15. The van der Waals surface area contributed by atoms with Crippen LogP contribution in [-0.4, -0.2) is 46.0 Å². The third kappa shape index (κ3) is 8.20. The smallest absolute Gasteiger partial charge is 0.460 e. The van der Waals surface area contributed by atoms with Crippen molar-refractivity contribution in [1.29, 1.82) is 0 Å². The molecule has 5 aromatic carbocycles. The van der Waals surface area contributed by atoms with E-state index in [0.717, 1.165) is 41.8 Å². The van der Waals surface area contributed by atoms with Crippen molar-refractivity contribution >= 4 is 31.6 Å². The number of ether oxygens (including phenoxy) is 3. The second-order valence-electron chi connectivity index (χ2n) is 12.1. The fourth-order valence-electron chi connectivity index (χ4n) is 5.44. The van der Waals surface area contributed by atoms with Crippen LogP contribution in [0, 0.1) is 6.92 Å². The average molecular weight is 851 g/mol. The van der Waals surface area contributed by atoms with E-state index in [0.29, 0.717) is 17.9 Å². The molecule has 19 heteroatoms. The lowest BCUT2D eigenvalue weighted by Gasteiger charge is -2.32. The van der Waals surface area contributed by atoms with Crippen LogP contribution >= 0.6 is 11.6 Å². The molecule has 0 saturated carbocycles. The Labute approximate surface area is 319 Å². The molecule has 1 N–H and O–H groups in total. The molecular formula is C37H27ClF8O8S2. The number of benzene rings is 5. The van der Waals surface area contributed by atoms with Gasteiger partial charge in [-0.05, 0) is 83.8 Å². The molecule has 5 rings (SSSR count). The summed E-state index contributed by atoms with van der Waals surface area (Å²) in [7, 11) is -10.5. The third-order valence-electron chi connectivity index (χ3n) is 8.38. The van der Waals surface area contributed by atoms with Crippen LogP contribution in [0.25, 0.3) is 0 Å². The highest BCUT2D eigenvalue weighted by Crippen LogP contribution is 2.51. The van der Waals surface area contributed by atoms with Gasteiger partial charge < -0.3 is 9.47 Å². The van der Waals surface area contributed by atoms with Crippen LogP contribution in [-0.2, 0) is 30.6 Å². The lowest BCUT2D eigenvalue weighted by Crippen LogP contribution is -2.55. The second-order valence-corrected chi connectivity index (χ2v) is 15.9. The van der Waals surface area contributed by atoms with Gasteiger partial charge in [-0.1, -0.05) is 72.3 Å². The Balaban J connectivity index is 1.40. The number of sulfone groups is 1. The lowest BCUT2D eigenvalue weighted by molar-refractivity contribution is -0.459. The Morgan fingerprint density at radius 3 is 1.66 bits per heavy atom. The van der Waals surface area contributed by atoms with Crippen molar-refractivity contribution in [3.63, 3.8) is 0 Å². The van der Waals surface area contributed by atoms with E-state index >= 15 is 8.78 Å². The summed E-state index contributed by atoms with van der Waals surface area (Å²) in [5.74, 6) is -5.26. The SMILES string of the molecule is COc1ccc(C(c2ccccc2)c2ccc(Oc3ccc(S(=O)(=O)c4ccc(C)c(C(F)(F)C(F)(F)OC(F)(F)C(F)(F)S(=O)(=O)O)c4)cc3Cl)cc2)cc1. The predicted molar refractivity (Wildman–Crippen MR) is 186 cm³/mol. The molecule has 0 aliphatic rings. The van der Waals surface area contributed by atoms with E-state index in [-0.39, 0.29) is 28.5 Å². The molecule has 0 spiro atoms. The van der Waals surface area contributed by atoms with E-state index in [2.05, 4.69) is 4.74 Å². The first kappa shape index (κ1) is 42.4. The van der Waals surface area contributed by atoms with Crippen LogP contribution in [0.4, 0.5) is 35.1 Å². The summed E-state index contributed by atoms with van der Waals surface area (Å²) in [4.78, 5) is -1.75. The summed E-state index contributed by atoms with van der Waals surface area (Å²) in [5.41, 5.74) is 0.0521. The average Bonchev–Trinajstić information content (AvgIpc) is 3.13. The number of hydrogen-bond donors (Lipinski definition) is 1. The number of halogens is 9. The molecule has 0 saturated heterocycles. The van der Waals surface area contributed by atoms with Gasteiger partial charge in [-0.3, -0.25) is 4.55 Å². The van der Waals surface area contributed by atoms with Crippen molar-refractivity contribution in [1.82, 2.24) is 0 Å². The molecule has 298 valence electrons. The maximum atomic E-state index is 15.1. The molecule has 0 aromatic heterocycles. The molecule has 0 aliphatic carbocycles. The monoisotopic (exact) mass is 850 g/mol. The molecule has 0 amide bonds. The van der Waals surface area contributed by atoms with Crippen LogP contribution < -0.4 is 9.47 Å². The minimum Gasteiger partial charge on any atom is -0.497 e. The van der Waals surface area contributed by atoms with E-state index in [1.165, 1.54) is 0 Å².